The Morgan fingerprint density at radius 1 is 1.19 bits per heavy atom. The van der Waals surface area contributed by atoms with E-state index in [1.807, 2.05) is 26.0 Å². The highest BCUT2D eigenvalue weighted by atomic mass is 16.1. The van der Waals surface area contributed by atoms with Gasteiger partial charge in [-0.15, -0.1) is 0 Å². The fourth-order valence-corrected chi connectivity index (χ4v) is 2.61. The Kier molecular flexibility index (Phi) is 10.1. The maximum absolute atomic E-state index is 12.4. The Labute approximate surface area is 157 Å². The molecule has 0 unspecified atom stereocenters. The Bertz CT molecular complexity index is 625. The summed E-state index contributed by atoms with van der Waals surface area (Å²) in [6, 6.07) is 5.63. The molecule has 1 aromatic rings. The van der Waals surface area contributed by atoms with Gasteiger partial charge in [-0.1, -0.05) is 25.3 Å². The zero-order chi connectivity index (χ0) is 19.4. The van der Waals surface area contributed by atoms with Crippen LogP contribution in [-0.2, 0) is 0 Å². The molecule has 0 saturated heterocycles. The number of unbranched alkanes of at least 4 members (excludes halogenated alkanes) is 4. The number of benzene rings is 1. The molecule has 0 heterocycles. The van der Waals surface area contributed by atoms with Crippen LogP contribution in [0.4, 0.5) is 5.69 Å². The van der Waals surface area contributed by atoms with Crippen molar-refractivity contribution in [1.82, 2.24) is 10.6 Å². The Morgan fingerprint density at radius 3 is 2.58 bits per heavy atom. The standard InChI is InChI=1S/C20H33N5O/c1-15(23-3)14-19(22)25-20(26)17-10-9-11-18(16(17)2)24-13-8-6-4-5-7-12-21/h9-11,14,23-24H,4-8,12-13,21H2,1-3H3,(H2,22,25,26)/b15-14-. The number of hydrogen-bond acceptors (Lipinski definition) is 5. The third-order valence-corrected chi connectivity index (χ3v) is 4.28. The van der Waals surface area contributed by atoms with E-state index in [2.05, 4.69) is 16.0 Å². The number of amides is 1. The molecule has 0 fully saturated rings. The van der Waals surface area contributed by atoms with Crippen LogP contribution in [0.5, 0.6) is 0 Å². The predicted molar refractivity (Wildman–Crippen MR) is 110 cm³/mol. The van der Waals surface area contributed by atoms with Gasteiger partial charge in [-0.05, 0) is 57.0 Å². The molecule has 0 saturated carbocycles. The van der Waals surface area contributed by atoms with Crippen LogP contribution < -0.4 is 21.7 Å². The van der Waals surface area contributed by atoms with Gasteiger partial charge in [-0.2, -0.15) is 0 Å². The van der Waals surface area contributed by atoms with Gasteiger partial charge in [0.1, 0.15) is 5.84 Å². The number of rotatable bonds is 11. The minimum absolute atomic E-state index is 0.0668. The van der Waals surface area contributed by atoms with E-state index in [-0.39, 0.29) is 11.7 Å². The monoisotopic (exact) mass is 359 g/mol. The smallest absolute Gasteiger partial charge is 0.257 e. The van der Waals surface area contributed by atoms with Gasteiger partial charge in [0, 0.05) is 30.5 Å². The van der Waals surface area contributed by atoms with E-state index in [1.54, 1.807) is 19.2 Å². The quantitative estimate of drug-likeness (QED) is 0.238. The maximum Gasteiger partial charge on any atom is 0.257 e. The molecule has 6 heteroatoms. The molecule has 0 aromatic heterocycles. The summed E-state index contributed by atoms with van der Waals surface area (Å²) < 4.78 is 0. The molecule has 26 heavy (non-hydrogen) atoms. The van der Waals surface area contributed by atoms with Crippen molar-refractivity contribution in [3.05, 3.63) is 41.1 Å². The predicted octanol–water partition coefficient (Wildman–Crippen LogP) is 3.15. The second-order valence-corrected chi connectivity index (χ2v) is 6.41. The number of carbonyl (C=O) groups excluding carboxylic acids is 1. The number of nitrogens with two attached hydrogens (primary N) is 1. The van der Waals surface area contributed by atoms with E-state index < -0.39 is 0 Å². The molecule has 0 radical (unpaired) electrons. The SMILES string of the molecule is CN/C(C)=C\C(=N)NC(=O)c1cccc(NCCCCCCCN)c1C. The molecule has 0 atom stereocenters. The van der Waals surface area contributed by atoms with Gasteiger partial charge in [0.25, 0.3) is 5.91 Å². The Hall–Kier alpha value is -2.34. The number of allylic oxidation sites excluding steroid dienone is 1. The summed E-state index contributed by atoms with van der Waals surface area (Å²) >= 11 is 0. The van der Waals surface area contributed by atoms with Crippen molar-refractivity contribution in [2.24, 2.45) is 5.73 Å². The second-order valence-electron chi connectivity index (χ2n) is 6.41. The Balaban J connectivity index is 2.57. The van der Waals surface area contributed by atoms with Crippen molar-refractivity contribution in [3.63, 3.8) is 0 Å². The fourth-order valence-electron chi connectivity index (χ4n) is 2.61. The zero-order valence-corrected chi connectivity index (χ0v) is 16.2. The van der Waals surface area contributed by atoms with Crippen LogP contribution in [-0.4, -0.2) is 31.9 Å². The van der Waals surface area contributed by atoms with E-state index in [0.29, 0.717) is 5.56 Å². The number of amidine groups is 1. The van der Waals surface area contributed by atoms with Gasteiger partial charge in [0.2, 0.25) is 0 Å². The van der Waals surface area contributed by atoms with Crippen LogP contribution in [0.1, 0.15) is 54.9 Å². The molecule has 1 rings (SSSR count). The number of carbonyl (C=O) groups is 1. The largest absolute Gasteiger partial charge is 0.392 e. The molecule has 1 amide bonds. The number of anilines is 1. The first kappa shape index (κ1) is 21.7. The molecule has 6 N–H and O–H groups in total. The van der Waals surface area contributed by atoms with E-state index in [4.69, 9.17) is 11.1 Å². The molecule has 0 aliphatic rings. The van der Waals surface area contributed by atoms with Gasteiger partial charge in [-0.25, -0.2) is 0 Å². The lowest BCUT2D eigenvalue weighted by atomic mass is 10.1. The Morgan fingerprint density at radius 2 is 1.88 bits per heavy atom. The summed E-state index contributed by atoms with van der Waals surface area (Å²) in [5.41, 5.74) is 8.76. The summed E-state index contributed by atoms with van der Waals surface area (Å²) in [5.74, 6) is -0.199. The first-order valence-electron chi connectivity index (χ1n) is 9.29. The highest BCUT2D eigenvalue weighted by Crippen LogP contribution is 2.19. The lowest BCUT2D eigenvalue weighted by Gasteiger charge is -2.13. The number of nitrogens with one attached hydrogen (secondary N) is 4. The van der Waals surface area contributed by atoms with Crippen molar-refractivity contribution in [1.29, 1.82) is 5.41 Å². The molecule has 0 bridgehead atoms. The van der Waals surface area contributed by atoms with Crippen molar-refractivity contribution in [2.45, 2.75) is 46.0 Å². The van der Waals surface area contributed by atoms with Crippen molar-refractivity contribution < 1.29 is 4.79 Å². The highest BCUT2D eigenvalue weighted by Gasteiger charge is 2.12. The molecule has 6 nitrogen and oxygen atoms in total. The maximum atomic E-state index is 12.4. The summed E-state index contributed by atoms with van der Waals surface area (Å²) in [6.45, 7) is 5.42. The van der Waals surface area contributed by atoms with Gasteiger partial charge in [0.15, 0.2) is 0 Å². The minimum Gasteiger partial charge on any atom is -0.392 e. The van der Waals surface area contributed by atoms with Gasteiger partial charge < -0.3 is 21.7 Å². The van der Waals surface area contributed by atoms with Crippen LogP contribution >= 0.6 is 0 Å². The number of hydrogen-bond donors (Lipinski definition) is 5. The van der Waals surface area contributed by atoms with Gasteiger partial charge in [0.05, 0.1) is 0 Å². The molecule has 144 valence electrons. The third kappa shape index (κ3) is 7.70. The first-order chi connectivity index (χ1) is 12.5. The highest BCUT2D eigenvalue weighted by molar-refractivity contribution is 6.10. The first-order valence-corrected chi connectivity index (χ1v) is 9.29. The topological polar surface area (TPSA) is 103 Å². The average molecular weight is 360 g/mol. The van der Waals surface area contributed by atoms with Gasteiger partial charge >= 0.3 is 0 Å². The molecular formula is C20H33N5O. The summed E-state index contributed by atoms with van der Waals surface area (Å²) in [6.07, 6.45) is 7.36. The van der Waals surface area contributed by atoms with E-state index >= 15 is 0 Å². The molecule has 0 spiro atoms. The van der Waals surface area contributed by atoms with E-state index in [0.717, 1.165) is 42.9 Å². The van der Waals surface area contributed by atoms with Crippen molar-refractivity contribution in [2.75, 3.05) is 25.5 Å². The van der Waals surface area contributed by atoms with Crippen LogP contribution in [0, 0.1) is 12.3 Å². The molecule has 0 aliphatic carbocycles. The zero-order valence-electron chi connectivity index (χ0n) is 16.2. The lowest BCUT2D eigenvalue weighted by Crippen LogP contribution is -2.29. The van der Waals surface area contributed by atoms with Gasteiger partial charge in [-0.3, -0.25) is 10.2 Å². The van der Waals surface area contributed by atoms with E-state index in [9.17, 15) is 4.79 Å². The molecule has 1 aromatic carbocycles. The van der Waals surface area contributed by atoms with Crippen molar-refractivity contribution >= 4 is 17.4 Å². The van der Waals surface area contributed by atoms with Crippen molar-refractivity contribution in [3.8, 4) is 0 Å². The normalized spacial score (nSPS) is 11.2. The molecule has 0 aliphatic heterocycles. The summed E-state index contributed by atoms with van der Waals surface area (Å²) in [5, 5.41) is 16.8. The van der Waals surface area contributed by atoms with E-state index in [1.165, 1.54) is 19.3 Å². The van der Waals surface area contributed by atoms with Crippen LogP contribution in [0.25, 0.3) is 0 Å². The van der Waals surface area contributed by atoms with Crippen LogP contribution in [0.2, 0.25) is 0 Å². The fraction of sp³-hybridized carbons (Fsp3) is 0.500. The second kappa shape index (κ2) is 12.1. The minimum atomic E-state index is -0.266. The summed E-state index contributed by atoms with van der Waals surface area (Å²) in [4.78, 5) is 12.4. The average Bonchev–Trinajstić information content (AvgIpc) is 2.61. The van der Waals surface area contributed by atoms with Crippen LogP contribution in [0.15, 0.2) is 30.0 Å². The third-order valence-electron chi connectivity index (χ3n) is 4.28. The summed E-state index contributed by atoms with van der Waals surface area (Å²) in [7, 11) is 1.78. The lowest BCUT2D eigenvalue weighted by molar-refractivity contribution is 0.0976. The van der Waals surface area contributed by atoms with Crippen LogP contribution in [0.3, 0.4) is 0 Å². The molecular weight excluding hydrogens is 326 g/mol.